The molecular formula is C15H18N2O4. The molecule has 0 unspecified atom stereocenters. The van der Waals surface area contributed by atoms with Gasteiger partial charge in [-0.3, -0.25) is 9.78 Å². The van der Waals surface area contributed by atoms with Crippen LogP contribution >= 0.6 is 0 Å². The molecule has 2 aromatic rings. The molecule has 3 rings (SSSR count). The van der Waals surface area contributed by atoms with Gasteiger partial charge in [0.25, 0.3) is 0 Å². The zero-order chi connectivity index (χ0) is 14.8. The number of carbonyl (C=O) groups excluding carboxylic acids is 1. The number of hydrogen-bond donors (Lipinski definition) is 2. The SMILES string of the molecule is COC1CCC(C(=O)Nc2cccc3[nH]c(=O)oc23)CC1. The topological polar surface area (TPSA) is 84.3 Å². The second-order valence-electron chi connectivity index (χ2n) is 5.40. The molecule has 2 N–H and O–H groups in total. The van der Waals surface area contributed by atoms with Crippen LogP contribution in [0.15, 0.2) is 27.4 Å². The number of nitrogens with one attached hydrogen (secondary N) is 2. The number of hydrogen-bond acceptors (Lipinski definition) is 4. The molecule has 0 spiro atoms. The Hall–Kier alpha value is -2.08. The Morgan fingerprint density at radius 2 is 2.10 bits per heavy atom. The molecule has 112 valence electrons. The molecule has 1 aliphatic carbocycles. The van der Waals surface area contributed by atoms with Crippen LogP contribution < -0.4 is 11.1 Å². The number of aromatic nitrogens is 1. The Kier molecular flexibility index (Phi) is 3.79. The molecule has 1 fully saturated rings. The van der Waals surface area contributed by atoms with Crippen molar-refractivity contribution in [3.05, 3.63) is 28.7 Å². The number of aromatic amines is 1. The summed E-state index contributed by atoms with van der Waals surface area (Å²) in [5.74, 6) is -0.564. The van der Waals surface area contributed by atoms with Gasteiger partial charge >= 0.3 is 5.76 Å². The molecular weight excluding hydrogens is 272 g/mol. The van der Waals surface area contributed by atoms with Gasteiger partial charge in [-0.2, -0.15) is 0 Å². The smallest absolute Gasteiger partial charge is 0.406 e. The molecule has 6 nitrogen and oxygen atoms in total. The van der Waals surface area contributed by atoms with Crippen LogP contribution in [0.1, 0.15) is 25.7 Å². The number of H-pyrrole nitrogens is 1. The zero-order valence-corrected chi connectivity index (χ0v) is 11.8. The number of amides is 1. The minimum atomic E-state index is -0.521. The van der Waals surface area contributed by atoms with E-state index in [2.05, 4.69) is 10.3 Å². The molecule has 1 aromatic carbocycles. The van der Waals surface area contributed by atoms with Crippen LogP contribution in [0.2, 0.25) is 0 Å². The number of benzene rings is 1. The summed E-state index contributed by atoms with van der Waals surface area (Å²) in [6.07, 6.45) is 3.70. The summed E-state index contributed by atoms with van der Waals surface area (Å²) in [6, 6.07) is 5.24. The van der Waals surface area contributed by atoms with Crippen molar-refractivity contribution in [1.82, 2.24) is 4.98 Å². The van der Waals surface area contributed by atoms with Crippen molar-refractivity contribution in [3.63, 3.8) is 0 Å². The predicted molar refractivity (Wildman–Crippen MR) is 78.2 cm³/mol. The van der Waals surface area contributed by atoms with Crippen LogP contribution in [-0.4, -0.2) is 24.1 Å². The van der Waals surface area contributed by atoms with E-state index in [0.717, 1.165) is 25.7 Å². The van der Waals surface area contributed by atoms with Crippen LogP contribution in [0.5, 0.6) is 0 Å². The first kappa shape index (κ1) is 13.9. The fourth-order valence-corrected chi connectivity index (χ4v) is 2.87. The van der Waals surface area contributed by atoms with Crippen LogP contribution in [0.4, 0.5) is 5.69 Å². The standard InChI is InChI=1S/C15H18N2O4/c1-20-10-7-5-9(6-8-10)14(18)16-11-3-2-4-12-13(11)21-15(19)17-12/h2-4,9-10H,5-8H2,1H3,(H,16,18)(H,17,19). The summed E-state index contributed by atoms with van der Waals surface area (Å²) in [4.78, 5) is 26.2. The van der Waals surface area contributed by atoms with Crippen molar-refractivity contribution in [1.29, 1.82) is 0 Å². The monoisotopic (exact) mass is 290 g/mol. The Balaban J connectivity index is 1.73. The van der Waals surface area contributed by atoms with Crippen molar-refractivity contribution in [2.75, 3.05) is 12.4 Å². The van der Waals surface area contributed by atoms with Crippen LogP contribution in [0.25, 0.3) is 11.1 Å². The van der Waals surface area contributed by atoms with Gasteiger partial charge < -0.3 is 14.5 Å². The highest BCUT2D eigenvalue weighted by Crippen LogP contribution is 2.28. The van der Waals surface area contributed by atoms with Gasteiger partial charge in [0.2, 0.25) is 5.91 Å². The van der Waals surface area contributed by atoms with E-state index < -0.39 is 5.76 Å². The number of fused-ring (bicyclic) bond motifs is 1. The van der Waals surface area contributed by atoms with E-state index in [0.29, 0.717) is 16.8 Å². The number of rotatable bonds is 3. The average molecular weight is 290 g/mol. The van der Waals surface area contributed by atoms with E-state index in [4.69, 9.17) is 9.15 Å². The van der Waals surface area contributed by atoms with E-state index >= 15 is 0 Å². The third kappa shape index (κ3) is 2.85. The van der Waals surface area contributed by atoms with Crippen molar-refractivity contribution in [2.45, 2.75) is 31.8 Å². The summed E-state index contributed by atoms with van der Waals surface area (Å²) < 4.78 is 10.4. The lowest BCUT2D eigenvalue weighted by Gasteiger charge is -2.26. The summed E-state index contributed by atoms with van der Waals surface area (Å²) in [5.41, 5.74) is 1.51. The second kappa shape index (κ2) is 5.73. The number of carbonyl (C=O) groups is 1. The van der Waals surface area contributed by atoms with Crippen LogP contribution in [0.3, 0.4) is 0 Å². The van der Waals surface area contributed by atoms with E-state index in [1.165, 1.54) is 0 Å². The number of para-hydroxylation sites is 1. The fourth-order valence-electron chi connectivity index (χ4n) is 2.87. The summed E-state index contributed by atoms with van der Waals surface area (Å²) in [6.45, 7) is 0. The number of ether oxygens (including phenoxy) is 1. The highest BCUT2D eigenvalue weighted by molar-refractivity contribution is 5.99. The first-order chi connectivity index (χ1) is 10.2. The minimum Gasteiger partial charge on any atom is -0.406 e. The van der Waals surface area contributed by atoms with Crippen molar-refractivity contribution < 1.29 is 13.9 Å². The highest BCUT2D eigenvalue weighted by Gasteiger charge is 2.26. The quantitative estimate of drug-likeness (QED) is 0.908. The van der Waals surface area contributed by atoms with E-state index in [1.807, 2.05) is 0 Å². The largest absolute Gasteiger partial charge is 0.417 e. The van der Waals surface area contributed by atoms with Gasteiger partial charge in [-0.15, -0.1) is 0 Å². The summed E-state index contributed by atoms with van der Waals surface area (Å²) in [7, 11) is 1.71. The fraction of sp³-hybridized carbons (Fsp3) is 0.467. The van der Waals surface area contributed by atoms with Gasteiger partial charge in [0.1, 0.15) is 0 Å². The van der Waals surface area contributed by atoms with Gasteiger partial charge in [0.15, 0.2) is 5.58 Å². The van der Waals surface area contributed by atoms with E-state index in [1.54, 1.807) is 25.3 Å². The number of oxazole rings is 1. The molecule has 0 atom stereocenters. The van der Waals surface area contributed by atoms with Crippen molar-refractivity contribution in [2.24, 2.45) is 5.92 Å². The molecule has 0 saturated heterocycles. The first-order valence-electron chi connectivity index (χ1n) is 7.13. The Labute approximate surface area is 121 Å². The molecule has 1 saturated carbocycles. The van der Waals surface area contributed by atoms with Crippen molar-refractivity contribution in [3.8, 4) is 0 Å². The maximum atomic E-state index is 12.3. The third-order valence-corrected chi connectivity index (χ3v) is 4.08. The zero-order valence-electron chi connectivity index (χ0n) is 11.8. The van der Waals surface area contributed by atoms with Crippen LogP contribution in [-0.2, 0) is 9.53 Å². The van der Waals surface area contributed by atoms with Gasteiger partial charge in [-0.05, 0) is 37.8 Å². The number of methoxy groups -OCH3 is 1. The van der Waals surface area contributed by atoms with E-state index in [-0.39, 0.29) is 17.9 Å². The highest BCUT2D eigenvalue weighted by atomic mass is 16.5. The number of anilines is 1. The third-order valence-electron chi connectivity index (χ3n) is 4.08. The van der Waals surface area contributed by atoms with Gasteiger partial charge in [0.05, 0.1) is 17.3 Å². The molecule has 1 heterocycles. The summed E-state index contributed by atoms with van der Waals surface area (Å²) >= 11 is 0. The molecule has 21 heavy (non-hydrogen) atoms. The van der Waals surface area contributed by atoms with Gasteiger partial charge in [-0.25, -0.2) is 4.79 Å². The minimum absolute atomic E-state index is 0.0164. The second-order valence-corrected chi connectivity index (χ2v) is 5.40. The average Bonchev–Trinajstić information content (AvgIpc) is 2.88. The molecule has 0 radical (unpaired) electrons. The normalized spacial score (nSPS) is 22.3. The lowest BCUT2D eigenvalue weighted by atomic mass is 9.87. The molecule has 6 heteroatoms. The first-order valence-corrected chi connectivity index (χ1v) is 7.13. The molecule has 0 aliphatic heterocycles. The molecule has 1 aliphatic rings. The van der Waals surface area contributed by atoms with Gasteiger partial charge in [0, 0.05) is 13.0 Å². The Morgan fingerprint density at radius 1 is 1.33 bits per heavy atom. The maximum Gasteiger partial charge on any atom is 0.417 e. The Bertz CT molecular complexity index is 695. The Morgan fingerprint density at radius 3 is 2.81 bits per heavy atom. The van der Waals surface area contributed by atoms with E-state index in [9.17, 15) is 9.59 Å². The van der Waals surface area contributed by atoms with Crippen molar-refractivity contribution >= 4 is 22.7 Å². The maximum absolute atomic E-state index is 12.3. The predicted octanol–water partition coefficient (Wildman–Crippen LogP) is 2.26. The molecule has 1 aromatic heterocycles. The summed E-state index contributed by atoms with van der Waals surface area (Å²) in [5, 5.41) is 2.87. The molecule has 1 amide bonds. The van der Waals surface area contributed by atoms with Crippen LogP contribution in [0, 0.1) is 5.92 Å². The lowest BCUT2D eigenvalue weighted by molar-refractivity contribution is -0.121. The molecule has 0 bridgehead atoms. The lowest BCUT2D eigenvalue weighted by Crippen LogP contribution is -2.29. The van der Waals surface area contributed by atoms with Gasteiger partial charge in [-0.1, -0.05) is 6.07 Å².